The zero-order chi connectivity index (χ0) is 22.5. The zero-order valence-electron chi connectivity index (χ0n) is 17.5. The van der Waals surface area contributed by atoms with E-state index in [1.54, 1.807) is 31.5 Å². The van der Waals surface area contributed by atoms with Gasteiger partial charge in [-0.25, -0.2) is 14.8 Å². The van der Waals surface area contributed by atoms with Gasteiger partial charge in [-0.2, -0.15) is 0 Å². The van der Waals surface area contributed by atoms with Gasteiger partial charge in [0.25, 0.3) is 0 Å². The van der Waals surface area contributed by atoms with Crippen molar-refractivity contribution in [1.29, 1.82) is 0 Å². The molecule has 2 N–H and O–H groups in total. The minimum atomic E-state index is -0.514. The van der Waals surface area contributed by atoms with Crippen LogP contribution in [-0.4, -0.2) is 38.8 Å². The summed E-state index contributed by atoms with van der Waals surface area (Å²) in [5, 5.41) is 4.34. The molecule has 32 heavy (non-hydrogen) atoms. The van der Waals surface area contributed by atoms with Gasteiger partial charge in [-0.3, -0.25) is 9.78 Å². The lowest BCUT2D eigenvalue weighted by atomic mass is 10.1. The molecule has 0 unspecified atom stereocenters. The van der Waals surface area contributed by atoms with Gasteiger partial charge in [0.2, 0.25) is 5.76 Å². The van der Waals surface area contributed by atoms with Crippen molar-refractivity contribution >= 4 is 40.9 Å². The molecule has 0 aromatic carbocycles. The number of furan rings is 1. The Kier molecular flexibility index (Phi) is 6.50. The third-order valence-electron chi connectivity index (χ3n) is 4.64. The van der Waals surface area contributed by atoms with Crippen LogP contribution in [0.25, 0.3) is 11.0 Å². The number of nitrogens with one attached hydrogen (secondary N) is 2. The first-order chi connectivity index (χ1) is 15.6. The van der Waals surface area contributed by atoms with Gasteiger partial charge in [0.1, 0.15) is 17.2 Å². The molecule has 0 atom stereocenters. The van der Waals surface area contributed by atoms with Crippen LogP contribution in [0.5, 0.6) is 0 Å². The van der Waals surface area contributed by atoms with E-state index in [4.69, 9.17) is 9.15 Å². The summed E-state index contributed by atoms with van der Waals surface area (Å²) in [4.78, 5) is 41.1. The number of anilines is 1. The van der Waals surface area contributed by atoms with Crippen molar-refractivity contribution in [3.63, 3.8) is 0 Å². The number of hydrogen-bond donors (Lipinski definition) is 2. The normalized spacial score (nSPS) is 10.9. The Morgan fingerprint density at radius 1 is 1.28 bits per heavy atom. The van der Waals surface area contributed by atoms with Gasteiger partial charge in [-0.05, 0) is 49.4 Å². The van der Waals surface area contributed by atoms with Gasteiger partial charge >= 0.3 is 5.97 Å². The van der Waals surface area contributed by atoms with Gasteiger partial charge in [-0.15, -0.1) is 0 Å². The molecule has 4 aromatic heterocycles. The molecule has 0 radical (unpaired) electrons. The Hall–Kier alpha value is -3.66. The molecule has 9 nitrogen and oxygen atoms in total. The molecule has 0 saturated carbocycles. The molecule has 0 saturated heterocycles. The Labute approximate surface area is 188 Å². The number of ether oxygens (including phenoxy) is 1. The third-order valence-corrected chi connectivity index (χ3v) is 5.48. The Morgan fingerprint density at radius 3 is 2.88 bits per heavy atom. The summed E-state index contributed by atoms with van der Waals surface area (Å²) >= 11 is 1.36. The number of aromatic amines is 1. The van der Waals surface area contributed by atoms with Crippen LogP contribution in [-0.2, 0) is 17.7 Å². The standard InChI is InChI=1S/C22H21N5O4S/c1-3-16-15(12-28)18-19(24-10-13-7-8-17(31-13)21(29)30-4-2)26-22(27-20(18)25-16)32-14-6-5-9-23-11-14/h5-9,11-12H,3-4,10H2,1-2H3,(H2,24,25,26,27). The highest BCUT2D eigenvalue weighted by Crippen LogP contribution is 2.32. The van der Waals surface area contributed by atoms with Crippen LogP contribution in [0.15, 0.2) is 51.1 Å². The molecule has 10 heteroatoms. The largest absolute Gasteiger partial charge is 0.460 e. The van der Waals surface area contributed by atoms with E-state index in [0.29, 0.717) is 39.8 Å². The summed E-state index contributed by atoms with van der Waals surface area (Å²) < 4.78 is 10.5. The summed E-state index contributed by atoms with van der Waals surface area (Å²) in [5.41, 5.74) is 1.88. The highest BCUT2D eigenvalue weighted by Gasteiger charge is 2.19. The number of hydrogen-bond acceptors (Lipinski definition) is 9. The predicted molar refractivity (Wildman–Crippen MR) is 119 cm³/mol. The number of H-pyrrole nitrogens is 1. The molecule has 0 aliphatic rings. The van der Waals surface area contributed by atoms with Crippen molar-refractivity contribution in [1.82, 2.24) is 19.9 Å². The third kappa shape index (κ3) is 4.50. The van der Waals surface area contributed by atoms with Gasteiger partial charge in [0.15, 0.2) is 11.4 Å². The topological polar surface area (TPSA) is 123 Å². The van der Waals surface area contributed by atoms with Crippen LogP contribution in [0, 0.1) is 0 Å². The molecule has 4 rings (SSSR count). The number of aryl methyl sites for hydroxylation is 1. The maximum absolute atomic E-state index is 11.8. The number of rotatable bonds is 9. The highest BCUT2D eigenvalue weighted by atomic mass is 32.2. The van der Waals surface area contributed by atoms with Crippen molar-refractivity contribution < 1.29 is 18.7 Å². The molecule has 0 aliphatic carbocycles. The van der Waals surface area contributed by atoms with E-state index >= 15 is 0 Å². The van der Waals surface area contributed by atoms with Crippen LogP contribution in [0.3, 0.4) is 0 Å². The lowest BCUT2D eigenvalue weighted by Gasteiger charge is -2.08. The first-order valence-corrected chi connectivity index (χ1v) is 10.9. The molecular formula is C22H21N5O4S. The molecule has 0 fully saturated rings. The summed E-state index contributed by atoms with van der Waals surface area (Å²) in [6, 6.07) is 7.02. The predicted octanol–water partition coefficient (Wildman–Crippen LogP) is 4.26. The Morgan fingerprint density at radius 2 is 2.16 bits per heavy atom. The first-order valence-electron chi connectivity index (χ1n) is 10.1. The molecule has 4 heterocycles. The summed E-state index contributed by atoms with van der Waals surface area (Å²) in [5.74, 6) is 0.640. The second kappa shape index (κ2) is 9.65. The molecule has 164 valence electrons. The summed E-state index contributed by atoms with van der Waals surface area (Å²) in [6.45, 7) is 4.22. The molecular weight excluding hydrogens is 430 g/mol. The van der Waals surface area contributed by atoms with Crippen molar-refractivity contribution in [2.24, 2.45) is 0 Å². The Balaban J connectivity index is 1.67. The van der Waals surface area contributed by atoms with Crippen molar-refractivity contribution in [2.45, 2.75) is 36.9 Å². The number of fused-ring (bicyclic) bond motifs is 1. The number of esters is 1. The smallest absolute Gasteiger partial charge is 0.374 e. The van der Waals surface area contributed by atoms with E-state index in [1.807, 2.05) is 19.1 Å². The zero-order valence-corrected chi connectivity index (χ0v) is 18.4. The summed E-state index contributed by atoms with van der Waals surface area (Å²) in [6.07, 6.45) is 4.89. The van der Waals surface area contributed by atoms with Gasteiger partial charge in [-0.1, -0.05) is 6.92 Å². The highest BCUT2D eigenvalue weighted by molar-refractivity contribution is 7.99. The average Bonchev–Trinajstić information content (AvgIpc) is 3.42. The number of aromatic nitrogens is 4. The molecule has 0 aliphatic heterocycles. The van der Waals surface area contributed by atoms with Crippen LogP contribution in [0.1, 0.15) is 46.2 Å². The van der Waals surface area contributed by atoms with Crippen LogP contribution >= 0.6 is 11.8 Å². The van der Waals surface area contributed by atoms with Crippen LogP contribution in [0.2, 0.25) is 0 Å². The van der Waals surface area contributed by atoms with Crippen molar-refractivity contribution in [3.8, 4) is 0 Å². The van der Waals surface area contributed by atoms with E-state index in [9.17, 15) is 9.59 Å². The fraction of sp³-hybridized carbons (Fsp3) is 0.227. The van der Waals surface area contributed by atoms with Crippen molar-refractivity contribution in [2.75, 3.05) is 11.9 Å². The van der Waals surface area contributed by atoms with E-state index in [2.05, 4.69) is 25.3 Å². The summed E-state index contributed by atoms with van der Waals surface area (Å²) in [7, 11) is 0. The molecule has 0 bridgehead atoms. The first kappa shape index (κ1) is 21.6. The lowest BCUT2D eigenvalue weighted by Crippen LogP contribution is -2.05. The molecule has 0 spiro atoms. The van der Waals surface area contributed by atoms with E-state index in [-0.39, 0.29) is 18.9 Å². The lowest BCUT2D eigenvalue weighted by molar-refractivity contribution is 0.0488. The van der Waals surface area contributed by atoms with Gasteiger partial charge < -0.3 is 19.5 Å². The minimum absolute atomic E-state index is 0.132. The van der Waals surface area contributed by atoms with Crippen molar-refractivity contribution in [3.05, 3.63) is 59.4 Å². The average molecular weight is 452 g/mol. The number of pyridine rings is 1. The Bertz CT molecular complexity index is 1250. The quantitative estimate of drug-likeness (QED) is 0.218. The van der Waals surface area contributed by atoms with Crippen LogP contribution in [0.4, 0.5) is 5.82 Å². The fourth-order valence-corrected chi connectivity index (χ4v) is 3.94. The fourth-order valence-electron chi connectivity index (χ4n) is 3.20. The second-order valence-electron chi connectivity index (χ2n) is 6.70. The minimum Gasteiger partial charge on any atom is -0.460 e. The molecule has 4 aromatic rings. The number of aldehydes is 1. The number of carbonyl (C=O) groups excluding carboxylic acids is 2. The van der Waals surface area contributed by atoms with Gasteiger partial charge in [0, 0.05) is 28.5 Å². The number of nitrogens with zero attached hydrogens (tertiary/aromatic N) is 3. The van der Waals surface area contributed by atoms with E-state index in [0.717, 1.165) is 16.9 Å². The van der Waals surface area contributed by atoms with Gasteiger partial charge in [0.05, 0.1) is 18.5 Å². The SMILES string of the molecule is CCOC(=O)c1ccc(CNc2nc(Sc3cccnc3)nc3[nH]c(CC)c(C=O)c23)o1. The molecule has 0 amide bonds. The van der Waals surface area contributed by atoms with E-state index in [1.165, 1.54) is 11.8 Å². The number of carbonyl (C=O) groups is 2. The monoisotopic (exact) mass is 451 g/mol. The maximum atomic E-state index is 11.8. The second-order valence-corrected chi connectivity index (χ2v) is 7.74. The van der Waals surface area contributed by atoms with Crippen LogP contribution < -0.4 is 5.32 Å². The maximum Gasteiger partial charge on any atom is 0.374 e. The van der Waals surface area contributed by atoms with E-state index < -0.39 is 5.97 Å².